The van der Waals surface area contributed by atoms with Gasteiger partial charge in [-0.15, -0.1) is 0 Å². The first kappa shape index (κ1) is 18.4. The van der Waals surface area contributed by atoms with Crippen LogP contribution in [0.25, 0.3) is 0 Å². The molecule has 0 bridgehead atoms. The van der Waals surface area contributed by atoms with E-state index in [2.05, 4.69) is 34.6 Å². The van der Waals surface area contributed by atoms with E-state index in [1.165, 1.54) is 0 Å². The van der Waals surface area contributed by atoms with Gasteiger partial charge in [-0.1, -0.05) is 48.5 Å². The summed E-state index contributed by atoms with van der Waals surface area (Å²) in [7, 11) is 0. The first-order valence-electron chi connectivity index (χ1n) is 7.51. The van der Waals surface area contributed by atoms with Crippen LogP contribution >= 0.6 is 0 Å². The van der Waals surface area contributed by atoms with Crippen molar-refractivity contribution in [2.45, 2.75) is 80.5 Å². The Morgan fingerprint density at radius 2 is 1.79 bits per heavy atom. The van der Waals surface area contributed by atoms with E-state index in [0.29, 0.717) is 18.9 Å². The van der Waals surface area contributed by atoms with Gasteiger partial charge in [-0.25, -0.2) is 0 Å². The first-order valence-corrected chi connectivity index (χ1v) is 7.51. The molecule has 1 aliphatic rings. The van der Waals surface area contributed by atoms with Crippen LogP contribution in [0.3, 0.4) is 0 Å². The fraction of sp³-hybridized carbons (Fsp3) is 0.938. The molecule has 1 heterocycles. The van der Waals surface area contributed by atoms with E-state index in [0.717, 1.165) is 0 Å². The van der Waals surface area contributed by atoms with E-state index in [1.54, 1.807) is 0 Å². The van der Waals surface area contributed by atoms with Gasteiger partial charge in [-0.3, -0.25) is 4.79 Å². The lowest BCUT2D eigenvalue weighted by Gasteiger charge is -2.37. The minimum Gasteiger partial charge on any atom is -0.354 e. The Hall–Kier alpha value is -0.570. The highest BCUT2D eigenvalue weighted by atomic mass is 16.5. The van der Waals surface area contributed by atoms with Gasteiger partial charge in [0.25, 0.3) is 0 Å². The molecule has 114 valence electrons. The zero-order valence-electron chi connectivity index (χ0n) is 14.3. The summed E-state index contributed by atoms with van der Waals surface area (Å²) < 4.78 is 5.77. The number of carbonyl (C=O) groups excluding carboxylic acids is 1. The molecule has 1 aliphatic heterocycles. The van der Waals surface area contributed by atoms with Crippen molar-refractivity contribution in [2.75, 3.05) is 6.61 Å². The topological polar surface area (TPSA) is 29.5 Å². The summed E-state index contributed by atoms with van der Waals surface area (Å²) in [6, 6.07) is 0.208. The second-order valence-electron chi connectivity index (χ2n) is 7.07. The first-order chi connectivity index (χ1) is 8.54. The Bertz CT molecular complexity index is 290. The molecule has 1 amide bonds. The van der Waals surface area contributed by atoms with Crippen molar-refractivity contribution in [1.82, 2.24) is 4.90 Å². The predicted octanol–water partition coefficient (Wildman–Crippen LogP) is 4.07. The standard InChI is InChI=1S/C14H27NO2.C2H6/c1-10(2)11-9-17-14(6,7)15(11)12(16)8-13(3,4)5;1-2/h10-11H,8-9H2,1-7H3;1-2H3. The highest BCUT2D eigenvalue weighted by Crippen LogP contribution is 2.33. The van der Waals surface area contributed by atoms with Crippen LogP contribution in [0.1, 0.15) is 68.7 Å². The number of carbonyl (C=O) groups is 1. The monoisotopic (exact) mass is 271 g/mol. The maximum atomic E-state index is 12.4. The third-order valence-corrected chi connectivity index (χ3v) is 3.24. The number of hydrogen-bond acceptors (Lipinski definition) is 2. The van der Waals surface area contributed by atoms with Crippen LogP contribution in [0.15, 0.2) is 0 Å². The lowest BCUT2D eigenvalue weighted by Crippen LogP contribution is -2.50. The van der Waals surface area contributed by atoms with Gasteiger partial charge in [0.1, 0.15) is 5.72 Å². The van der Waals surface area contributed by atoms with Gasteiger partial charge in [0.05, 0.1) is 12.6 Å². The lowest BCUT2D eigenvalue weighted by molar-refractivity contribution is -0.148. The van der Waals surface area contributed by atoms with E-state index in [4.69, 9.17) is 4.74 Å². The van der Waals surface area contributed by atoms with Crippen molar-refractivity contribution in [2.24, 2.45) is 11.3 Å². The molecule has 19 heavy (non-hydrogen) atoms. The minimum atomic E-state index is -0.461. The van der Waals surface area contributed by atoms with Crippen molar-refractivity contribution in [3.05, 3.63) is 0 Å². The smallest absolute Gasteiger partial charge is 0.225 e. The molecule has 0 radical (unpaired) electrons. The van der Waals surface area contributed by atoms with Crippen LogP contribution in [0, 0.1) is 11.3 Å². The molecule has 1 fully saturated rings. The zero-order chi connectivity index (χ0) is 15.4. The molecule has 3 nitrogen and oxygen atoms in total. The summed E-state index contributed by atoms with van der Waals surface area (Å²) in [4.78, 5) is 14.4. The average Bonchev–Trinajstić information content (AvgIpc) is 2.54. The molecule has 1 unspecified atom stereocenters. The van der Waals surface area contributed by atoms with Crippen LogP contribution in [0.5, 0.6) is 0 Å². The third kappa shape index (κ3) is 5.13. The molecule has 0 N–H and O–H groups in total. The minimum absolute atomic E-state index is 0.0251. The van der Waals surface area contributed by atoms with Gasteiger partial charge in [0, 0.05) is 6.42 Å². The molecule has 0 spiro atoms. The molecular formula is C16H33NO2. The molecule has 0 aromatic carbocycles. The van der Waals surface area contributed by atoms with Gasteiger partial charge in [-0.2, -0.15) is 0 Å². The predicted molar refractivity (Wildman–Crippen MR) is 80.9 cm³/mol. The summed E-state index contributed by atoms with van der Waals surface area (Å²) in [5, 5.41) is 0. The Balaban J connectivity index is 0.00000154. The van der Waals surface area contributed by atoms with Crippen LogP contribution in [0.4, 0.5) is 0 Å². The van der Waals surface area contributed by atoms with Crippen molar-refractivity contribution in [3.63, 3.8) is 0 Å². The molecule has 0 saturated carbocycles. The Morgan fingerprint density at radius 1 is 1.32 bits per heavy atom. The molecule has 0 aromatic heterocycles. The summed E-state index contributed by atoms with van der Waals surface area (Å²) in [6.45, 7) is 19.2. The normalized spacial score (nSPS) is 22.2. The highest BCUT2D eigenvalue weighted by Gasteiger charge is 2.45. The van der Waals surface area contributed by atoms with Gasteiger partial charge in [-0.05, 0) is 25.2 Å². The zero-order valence-corrected chi connectivity index (χ0v) is 14.3. The summed E-state index contributed by atoms with van der Waals surface area (Å²) in [5.41, 5.74) is -0.436. The molecule has 1 atom stereocenters. The fourth-order valence-corrected chi connectivity index (χ4v) is 2.35. The summed E-state index contributed by atoms with van der Waals surface area (Å²) >= 11 is 0. The van der Waals surface area contributed by atoms with Crippen LogP contribution in [-0.4, -0.2) is 29.2 Å². The molecule has 1 saturated heterocycles. The molecule has 1 rings (SSSR count). The quantitative estimate of drug-likeness (QED) is 0.757. The van der Waals surface area contributed by atoms with E-state index in [9.17, 15) is 4.79 Å². The van der Waals surface area contributed by atoms with Gasteiger partial charge in [0.15, 0.2) is 0 Å². The number of nitrogens with zero attached hydrogens (tertiary/aromatic N) is 1. The maximum Gasteiger partial charge on any atom is 0.225 e. The van der Waals surface area contributed by atoms with E-state index in [1.807, 2.05) is 32.6 Å². The van der Waals surface area contributed by atoms with E-state index in [-0.39, 0.29) is 17.4 Å². The molecule has 0 aromatic rings. The lowest BCUT2D eigenvalue weighted by atomic mass is 9.90. The highest BCUT2D eigenvalue weighted by molar-refractivity contribution is 5.78. The van der Waals surface area contributed by atoms with Crippen LogP contribution in [0.2, 0.25) is 0 Å². The van der Waals surface area contributed by atoms with Crippen molar-refractivity contribution in [3.8, 4) is 0 Å². The van der Waals surface area contributed by atoms with E-state index < -0.39 is 5.72 Å². The van der Waals surface area contributed by atoms with Crippen molar-refractivity contribution >= 4 is 5.91 Å². The van der Waals surface area contributed by atoms with Crippen molar-refractivity contribution < 1.29 is 9.53 Å². The van der Waals surface area contributed by atoms with E-state index >= 15 is 0 Å². The summed E-state index contributed by atoms with van der Waals surface area (Å²) in [6.07, 6.45) is 0.572. The average molecular weight is 271 g/mol. The number of ether oxygens (including phenoxy) is 1. The van der Waals surface area contributed by atoms with Gasteiger partial charge in [0.2, 0.25) is 5.91 Å². The van der Waals surface area contributed by atoms with Gasteiger partial charge < -0.3 is 9.64 Å². The molecule has 3 heteroatoms. The number of hydrogen-bond donors (Lipinski definition) is 0. The largest absolute Gasteiger partial charge is 0.354 e. The number of amides is 1. The maximum absolute atomic E-state index is 12.4. The Kier molecular flexibility index (Phi) is 6.53. The Labute approximate surface area is 119 Å². The third-order valence-electron chi connectivity index (χ3n) is 3.24. The Morgan fingerprint density at radius 3 is 2.16 bits per heavy atom. The fourth-order valence-electron chi connectivity index (χ4n) is 2.35. The second-order valence-corrected chi connectivity index (χ2v) is 7.07. The second kappa shape index (κ2) is 6.74. The van der Waals surface area contributed by atoms with Gasteiger partial charge >= 0.3 is 0 Å². The van der Waals surface area contributed by atoms with Crippen molar-refractivity contribution in [1.29, 1.82) is 0 Å². The van der Waals surface area contributed by atoms with Crippen LogP contribution in [-0.2, 0) is 9.53 Å². The SMILES string of the molecule is CC.CC(C)C1COC(C)(C)N1C(=O)CC(C)(C)C. The van der Waals surface area contributed by atoms with Crippen LogP contribution < -0.4 is 0 Å². The molecule has 0 aliphatic carbocycles. The number of rotatable bonds is 2. The summed E-state index contributed by atoms with van der Waals surface area (Å²) in [5.74, 6) is 0.638. The molecular weight excluding hydrogens is 238 g/mol.